The first-order valence-corrected chi connectivity index (χ1v) is 12.6. The van der Waals surface area contributed by atoms with Gasteiger partial charge in [-0.1, -0.05) is 36.4 Å². The average molecular weight is 519 g/mol. The van der Waals surface area contributed by atoms with Gasteiger partial charge in [0.05, 0.1) is 0 Å². The summed E-state index contributed by atoms with van der Waals surface area (Å²) in [5.74, 6) is 1.73. The minimum absolute atomic E-state index is 0.102. The van der Waals surface area contributed by atoms with Crippen molar-refractivity contribution < 1.29 is 33.3 Å². The van der Waals surface area contributed by atoms with Crippen molar-refractivity contribution in [2.75, 3.05) is 33.3 Å². The van der Waals surface area contributed by atoms with Crippen LogP contribution in [-0.4, -0.2) is 50.1 Å². The fraction of sp³-hybridized carbons (Fsp3) is 0.310. The van der Waals surface area contributed by atoms with Crippen molar-refractivity contribution >= 4 is 11.8 Å². The van der Waals surface area contributed by atoms with Gasteiger partial charge in [-0.25, -0.2) is 0 Å². The molecular formula is C29H30N2O7. The summed E-state index contributed by atoms with van der Waals surface area (Å²) in [5.41, 5.74) is 1.89. The van der Waals surface area contributed by atoms with E-state index >= 15 is 0 Å². The lowest BCUT2D eigenvalue weighted by Gasteiger charge is -2.32. The van der Waals surface area contributed by atoms with Crippen molar-refractivity contribution in [1.82, 2.24) is 10.2 Å². The van der Waals surface area contributed by atoms with Gasteiger partial charge in [-0.05, 0) is 54.8 Å². The number of carbonyl (C=O) groups is 2. The summed E-state index contributed by atoms with van der Waals surface area (Å²) in [7, 11) is 0. The molecule has 2 heterocycles. The first-order valence-electron chi connectivity index (χ1n) is 12.6. The van der Waals surface area contributed by atoms with Crippen molar-refractivity contribution in [3.05, 3.63) is 83.4 Å². The molecular weight excluding hydrogens is 488 g/mol. The number of fused-ring (bicyclic) bond motifs is 2. The zero-order valence-electron chi connectivity index (χ0n) is 21.2. The highest BCUT2D eigenvalue weighted by Crippen LogP contribution is 2.36. The van der Waals surface area contributed by atoms with Gasteiger partial charge in [0.1, 0.15) is 6.04 Å². The molecule has 2 aliphatic rings. The van der Waals surface area contributed by atoms with Crippen LogP contribution in [0.4, 0.5) is 0 Å². The van der Waals surface area contributed by atoms with Crippen LogP contribution in [0.25, 0.3) is 0 Å². The maximum absolute atomic E-state index is 14.1. The molecule has 9 heteroatoms. The van der Waals surface area contributed by atoms with Gasteiger partial charge in [0.2, 0.25) is 19.5 Å². The first kappa shape index (κ1) is 25.4. The Morgan fingerprint density at radius 2 is 1.58 bits per heavy atom. The van der Waals surface area contributed by atoms with E-state index in [0.717, 1.165) is 5.56 Å². The molecule has 0 aromatic heterocycles. The smallest absolute Gasteiger partial charge is 0.255 e. The van der Waals surface area contributed by atoms with E-state index in [2.05, 4.69) is 5.32 Å². The van der Waals surface area contributed by atoms with Gasteiger partial charge in [0.15, 0.2) is 23.0 Å². The SMILES string of the molecule is CCOCCCNC(=O)[C@H](c1ccccc1)N(Cc1ccc2c(c1)OCO2)C(=O)c1ccc2c(c1)OCO2. The van der Waals surface area contributed by atoms with Crippen LogP contribution >= 0.6 is 0 Å². The molecule has 0 fully saturated rings. The zero-order chi connectivity index (χ0) is 26.3. The first-order chi connectivity index (χ1) is 18.6. The van der Waals surface area contributed by atoms with Crippen LogP contribution in [0.2, 0.25) is 0 Å². The Labute approximate surface area is 221 Å². The largest absolute Gasteiger partial charge is 0.454 e. The van der Waals surface area contributed by atoms with Crippen LogP contribution < -0.4 is 24.3 Å². The predicted octanol–water partition coefficient (Wildman–Crippen LogP) is 4.07. The van der Waals surface area contributed by atoms with E-state index in [0.29, 0.717) is 60.3 Å². The highest BCUT2D eigenvalue weighted by molar-refractivity contribution is 5.98. The maximum atomic E-state index is 14.1. The molecule has 0 spiro atoms. The summed E-state index contributed by atoms with van der Waals surface area (Å²) in [6, 6.07) is 19.0. The number of rotatable bonds is 11. The number of amides is 2. The number of benzene rings is 3. The van der Waals surface area contributed by atoms with Crippen molar-refractivity contribution in [2.45, 2.75) is 25.9 Å². The monoisotopic (exact) mass is 518 g/mol. The van der Waals surface area contributed by atoms with Gasteiger partial charge in [0, 0.05) is 31.9 Å². The molecule has 0 saturated carbocycles. The maximum Gasteiger partial charge on any atom is 0.255 e. The van der Waals surface area contributed by atoms with Crippen LogP contribution in [0.1, 0.15) is 40.9 Å². The Bertz CT molecular complexity index is 1280. The standard InChI is InChI=1S/C29H30N2O7/c1-2-34-14-6-13-30-28(32)27(21-7-4-3-5-8-21)31(17-20-9-11-23-25(15-20)37-18-35-23)29(33)22-10-12-24-26(16-22)38-19-36-24/h3-5,7-12,15-16,27H,2,6,13-14,17-19H2,1H3,(H,30,32)/t27-/m0/s1. The lowest BCUT2D eigenvalue weighted by atomic mass is 10.0. The van der Waals surface area contributed by atoms with E-state index in [1.54, 1.807) is 23.1 Å². The topological polar surface area (TPSA) is 95.6 Å². The van der Waals surface area contributed by atoms with E-state index in [-0.39, 0.29) is 31.9 Å². The van der Waals surface area contributed by atoms with Gasteiger partial charge in [-0.2, -0.15) is 0 Å². The average Bonchev–Trinajstić information content (AvgIpc) is 3.61. The van der Waals surface area contributed by atoms with Crippen LogP contribution in [0.3, 0.4) is 0 Å². The third-order valence-corrected chi connectivity index (χ3v) is 6.31. The summed E-state index contributed by atoms with van der Waals surface area (Å²) in [6.07, 6.45) is 0.666. The molecule has 5 rings (SSSR count). The number of carbonyl (C=O) groups excluding carboxylic acids is 2. The Kier molecular flexibility index (Phi) is 7.94. The Balaban J connectivity index is 1.48. The molecule has 38 heavy (non-hydrogen) atoms. The number of ether oxygens (including phenoxy) is 5. The fourth-order valence-electron chi connectivity index (χ4n) is 4.45. The van der Waals surface area contributed by atoms with Crippen molar-refractivity contribution in [2.24, 2.45) is 0 Å². The van der Waals surface area contributed by atoms with Gasteiger partial charge in [0.25, 0.3) is 5.91 Å². The Morgan fingerprint density at radius 3 is 2.32 bits per heavy atom. The molecule has 0 unspecified atom stereocenters. The minimum Gasteiger partial charge on any atom is -0.454 e. The summed E-state index contributed by atoms with van der Waals surface area (Å²) in [5, 5.41) is 2.99. The summed E-state index contributed by atoms with van der Waals surface area (Å²) < 4.78 is 27.3. The van der Waals surface area contributed by atoms with Crippen LogP contribution in [0.5, 0.6) is 23.0 Å². The second kappa shape index (κ2) is 11.9. The second-order valence-corrected chi connectivity index (χ2v) is 8.84. The Hall–Kier alpha value is -4.24. The number of nitrogens with zero attached hydrogens (tertiary/aromatic N) is 1. The van der Waals surface area contributed by atoms with Crippen molar-refractivity contribution in [3.8, 4) is 23.0 Å². The summed E-state index contributed by atoms with van der Waals surface area (Å²) in [6.45, 7) is 3.94. The highest BCUT2D eigenvalue weighted by atomic mass is 16.7. The molecule has 3 aromatic rings. The second-order valence-electron chi connectivity index (χ2n) is 8.84. The van der Waals surface area contributed by atoms with Gasteiger partial charge >= 0.3 is 0 Å². The molecule has 0 aliphatic carbocycles. The molecule has 2 aliphatic heterocycles. The highest BCUT2D eigenvalue weighted by Gasteiger charge is 2.33. The molecule has 0 radical (unpaired) electrons. The molecule has 9 nitrogen and oxygen atoms in total. The fourth-order valence-corrected chi connectivity index (χ4v) is 4.45. The van der Waals surface area contributed by atoms with E-state index in [1.807, 2.05) is 55.5 Å². The van der Waals surface area contributed by atoms with Gasteiger partial charge in [-0.15, -0.1) is 0 Å². The van der Waals surface area contributed by atoms with Crippen molar-refractivity contribution in [1.29, 1.82) is 0 Å². The normalized spacial score (nSPS) is 13.7. The lowest BCUT2D eigenvalue weighted by molar-refractivity contribution is -0.126. The Morgan fingerprint density at radius 1 is 0.895 bits per heavy atom. The number of hydrogen-bond donors (Lipinski definition) is 1. The van der Waals surface area contributed by atoms with Crippen LogP contribution in [0, 0.1) is 0 Å². The van der Waals surface area contributed by atoms with E-state index < -0.39 is 6.04 Å². The van der Waals surface area contributed by atoms with E-state index in [1.165, 1.54) is 0 Å². The third-order valence-electron chi connectivity index (χ3n) is 6.31. The molecule has 0 bridgehead atoms. The number of nitrogens with one attached hydrogen (secondary N) is 1. The molecule has 1 atom stereocenters. The minimum atomic E-state index is -0.883. The zero-order valence-corrected chi connectivity index (χ0v) is 21.2. The number of hydrogen-bond acceptors (Lipinski definition) is 7. The lowest BCUT2D eigenvalue weighted by Crippen LogP contribution is -2.43. The molecule has 2 amide bonds. The van der Waals surface area contributed by atoms with Gasteiger partial charge in [-0.3, -0.25) is 9.59 Å². The predicted molar refractivity (Wildman–Crippen MR) is 138 cm³/mol. The molecule has 0 saturated heterocycles. The quantitative estimate of drug-likeness (QED) is 0.382. The summed E-state index contributed by atoms with van der Waals surface area (Å²) in [4.78, 5) is 29.3. The molecule has 3 aromatic carbocycles. The van der Waals surface area contributed by atoms with Crippen LogP contribution in [0.15, 0.2) is 66.7 Å². The molecule has 198 valence electrons. The molecule has 1 N–H and O–H groups in total. The summed E-state index contributed by atoms with van der Waals surface area (Å²) >= 11 is 0. The van der Waals surface area contributed by atoms with Crippen molar-refractivity contribution in [3.63, 3.8) is 0 Å². The van der Waals surface area contributed by atoms with Gasteiger partial charge < -0.3 is 33.9 Å². The van der Waals surface area contributed by atoms with E-state index in [9.17, 15) is 9.59 Å². The van der Waals surface area contributed by atoms with E-state index in [4.69, 9.17) is 23.7 Å². The third kappa shape index (κ3) is 5.68. The van der Waals surface area contributed by atoms with Crippen LogP contribution in [-0.2, 0) is 16.1 Å².